The van der Waals surface area contributed by atoms with Gasteiger partial charge in [0.25, 0.3) is 0 Å². The maximum absolute atomic E-state index is 12.1. The molecule has 0 fully saturated rings. The van der Waals surface area contributed by atoms with Gasteiger partial charge < -0.3 is 10.6 Å². The minimum Gasteiger partial charge on any atom is -0.356 e. The molecule has 0 bridgehead atoms. The Morgan fingerprint density at radius 1 is 0.808 bits per heavy atom. The second-order valence-electron chi connectivity index (χ2n) is 6.09. The van der Waals surface area contributed by atoms with Crippen molar-refractivity contribution >= 4 is 33.4 Å². The van der Waals surface area contributed by atoms with Gasteiger partial charge in [-0.25, -0.2) is 0 Å². The van der Waals surface area contributed by atoms with Gasteiger partial charge in [-0.3, -0.25) is 9.59 Å². The molecule has 2 N–H and O–H groups in total. The fourth-order valence-corrected chi connectivity index (χ4v) is 2.98. The highest BCUT2D eigenvalue weighted by Crippen LogP contribution is 2.22. The van der Waals surface area contributed by atoms with Crippen LogP contribution in [-0.2, 0) is 9.59 Å². The fourth-order valence-electron chi connectivity index (χ4n) is 2.62. The van der Waals surface area contributed by atoms with Gasteiger partial charge in [0.05, 0.1) is 0 Å². The van der Waals surface area contributed by atoms with Crippen molar-refractivity contribution in [3.8, 4) is 11.1 Å². The monoisotopic (exact) mass is 416 g/mol. The van der Waals surface area contributed by atoms with Crippen LogP contribution in [0.3, 0.4) is 0 Å². The standard InChI is InChI=1S/C21H25BrN2O2/c22-14-13-20(25)23-15-6-2-5-12-21(26)24-19-11-7-10-18(16-19)17-8-3-1-4-9-17/h1,3-4,7-11,16H,2,5-6,12-15H2,(H,23,25)(H,24,26). The van der Waals surface area contributed by atoms with Crippen molar-refractivity contribution < 1.29 is 9.59 Å². The summed E-state index contributed by atoms with van der Waals surface area (Å²) < 4.78 is 0. The first-order chi connectivity index (χ1) is 12.7. The van der Waals surface area contributed by atoms with E-state index in [0.29, 0.717) is 24.7 Å². The smallest absolute Gasteiger partial charge is 0.224 e. The predicted octanol–water partition coefficient (Wildman–Crippen LogP) is 4.75. The maximum Gasteiger partial charge on any atom is 0.224 e. The number of alkyl halides is 1. The van der Waals surface area contributed by atoms with Crippen LogP contribution in [0.5, 0.6) is 0 Å². The van der Waals surface area contributed by atoms with Crippen LogP contribution in [0.25, 0.3) is 11.1 Å². The number of anilines is 1. The molecule has 0 aliphatic heterocycles. The van der Waals surface area contributed by atoms with Crippen molar-refractivity contribution in [3.05, 3.63) is 54.6 Å². The highest BCUT2D eigenvalue weighted by atomic mass is 79.9. The Labute approximate surface area is 163 Å². The topological polar surface area (TPSA) is 58.2 Å². The van der Waals surface area contributed by atoms with Crippen molar-refractivity contribution in [1.82, 2.24) is 5.32 Å². The van der Waals surface area contributed by atoms with Gasteiger partial charge in [-0.05, 0) is 36.1 Å². The molecule has 138 valence electrons. The third-order valence-electron chi connectivity index (χ3n) is 3.98. The molecule has 0 aliphatic carbocycles. The van der Waals surface area contributed by atoms with Gasteiger partial charge in [-0.2, -0.15) is 0 Å². The second kappa shape index (κ2) is 11.5. The van der Waals surface area contributed by atoms with E-state index in [1.54, 1.807) is 0 Å². The minimum atomic E-state index is 0.0264. The molecule has 0 saturated carbocycles. The molecular formula is C21H25BrN2O2. The Morgan fingerprint density at radius 2 is 1.58 bits per heavy atom. The molecule has 0 aromatic heterocycles. The zero-order chi connectivity index (χ0) is 18.6. The van der Waals surface area contributed by atoms with Gasteiger partial charge in [-0.15, -0.1) is 0 Å². The SMILES string of the molecule is O=C(CCBr)NCCCCCC(=O)Nc1cccc(-c2ccccc2)c1. The molecule has 5 heteroatoms. The minimum absolute atomic E-state index is 0.0264. The van der Waals surface area contributed by atoms with Gasteiger partial charge >= 0.3 is 0 Å². The Balaban J connectivity index is 1.69. The van der Waals surface area contributed by atoms with E-state index in [4.69, 9.17) is 0 Å². The number of unbranched alkanes of at least 4 members (excludes halogenated alkanes) is 2. The first-order valence-corrected chi connectivity index (χ1v) is 10.1. The number of benzene rings is 2. The van der Waals surface area contributed by atoms with Crippen LogP contribution in [-0.4, -0.2) is 23.7 Å². The summed E-state index contributed by atoms with van der Waals surface area (Å²) in [5, 5.41) is 6.51. The predicted molar refractivity (Wildman–Crippen MR) is 110 cm³/mol. The number of rotatable bonds is 10. The summed E-state index contributed by atoms with van der Waals surface area (Å²) in [5.41, 5.74) is 3.03. The molecule has 0 aliphatic rings. The molecule has 0 unspecified atom stereocenters. The lowest BCUT2D eigenvalue weighted by Crippen LogP contribution is -2.24. The molecule has 2 amide bonds. The average Bonchev–Trinajstić information content (AvgIpc) is 2.66. The molecule has 0 saturated heterocycles. The van der Waals surface area contributed by atoms with Crippen LogP contribution in [0.4, 0.5) is 5.69 Å². The number of amides is 2. The third kappa shape index (κ3) is 7.40. The molecule has 0 atom stereocenters. The normalized spacial score (nSPS) is 10.3. The summed E-state index contributed by atoms with van der Waals surface area (Å²) in [6.07, 6.45) is 3.63. The van der Waals surface area contributed by atoms with Crippen LogP contribution < -0.4 is 10.6 Å². The van der Waals surface area contributed by atoms with Crippen LogP contribution >= 0.6 is 15.9 Å². The first kappa shape index (κ1) is 20.2. The number of nitrogens with one attached hydrogen (secondary N) is 2. The van der Waals surface area contributed by atoms with Crippen LogP contribution in [0.2, 0.25) is 0 Å². The summed E-state index contributed by atoms with van der Waals surface area (Å²) in [6.45, 7) is 0.673. The van der Waals surface area contributed by atoms with Crippen molar-refractivity contribution in [3.63, 3.8) is 0 Å². The molecule has 26 heavy (non-hydrogen) atoms. The number of carbonyl (C=O) groups is 2. The van der Waals surface area contributed by atoms with Gasteiger partial charge in [0.2, 0.25) is 11.8 Å². The molecule has 2 aromatic rings. The zero-order valence-corrected chi connectivity index (χ0v) is 16.4. The molecule has 4 nitrogen and oxygen atoms in total. The van der Waals surface area contributed by atoms with E-state index in [0.717, 1.165) is 36.1 Å². The molecule has 0 spiro atoms. The highest BCUT2D eigenvalue weighted by molar-refractivity contribution is 9.09. The Hall–Kier alpha value is -2.14. The van der Waals surface area contributed by atoms with Crippen LogP contribution in [0.1, 0.15) is 32.1 Å². The Bertz CT molecular complexity index is 704. The second-order valence-corrected chi connectivity index (χ2v) is 6.89. The summed E-state index contributed by atoms with van der Waals surface area (Å²) in [5.74, 6) is 0.0939. The molecule has 0 heterocycles. The van der Waals surface area contributed by atoms with Crippen LogP contribution in [0, 0.1) is 0 Å². The van der Waals surface area contributed by atoms with E-state index in [9.17, 15) is 9.59 Å². The van der Waals surface area contributed by atoms with Crippen molar-refractivity contribution in [1.29, 1.82) is 0 Å². The van der Waals surface area contributed by atoms with E-state index < -0.39 is 0 Å². The first-order valence-electron chi connectivity index (χ1n) is 8.97. The van der Waals surface area contributed by atoms with Crippen LogP contribution in [0.15, 0.2) is 54.6 Å². The van der Waals surface area contributed by atoms with E-state index in [1.165, 1.54) is 0 Å². The summed E-state index contributed by atoms with van der Waals surface area (Å²) in [7, 11) is 0. The number of hydrogen-bond acceptors (Lipinski definition) is 2. The van der Waals surface area contributed by atoms with Gasteiger partial charge in [-0.1, -0.05) is 64.8 Å². The lowest BCUT2D eigenvalue weighted by Gasteiger charge is -2.08. The summed E-state index contributed by atoms with van der Waals surface area (Å²) >= 11 is 3.24. The molecule has 2 aromatic carbocycles. The number of hydrogen-bond donors (Lipinski definition) is 2. The van der Waals surface area contributed by atoms with Crippen molar-refractivity contribution in [2.75, 3.05) is 17.2 Å². The maximum atomic E-state index is 12.1. The number of carbonyl (C=O) groups excluding carboxylic acids is 2. The van der Waals surface area contributed by atoms with Crippen molar-refractivity contribution in [2.45, 2.75) is 32.1 Å². The fraction of sp³-hybridized carbons (Fsp3) is 0.333. The molecule has 2 rings (SSSR count). The lowest BCUT2D eigenvalue weighted by molar-refractivity contribution is -0.120. The summed E-state index contributed by atoms with van der Waals surface area (Å²) in [6, 6.07) is 18.0. The number of halogens is 1. The largest absolute Gasteiger partial charge is 0.356 e. The van der Waals surface area contributed by atoms with Gasteiger partial charge in [0, 0.05) is 30.4 Å². The third-order valence-corrected chi connectivity index (χ3v) is 4.37. The lowest BCUT2D eigenvalue weighted by atomic mass is 10.1. The highest BCUT2D eigenvalue weighted by Gasteiger charge is 2.04. The Morgan fingerprint density at radius 3 is 2.35 bits per heavy atom. The van der Waals surface area contributed by atoms with E-state index in [2.05, 4.69) is 38.7 Å². The zero-order valence-electron chi connectivity index (χ0n) is 14.8. The summed E-state index contributed by atoms with van der Waals surface area (Å²) in [4.78, 5) is 23.4. The van der Waals surface area contributed by atoms with E-state index in [1.807, 2.05) is 42.5 Å². The van der Waals surface area contributed by atoms with E-state index >= 15 is 0 Å². The van der Waals surface area contributed by atoms with Gasteiger partial charge in [0.15, 0.2) is 0 Å². The van der Waals surface area contributed by atoms with Gasteiger partial charge in [0.1, 0.15) is 0 Å². The quantitative estimate of drug-likeness (QED) is 0.433. The van der Waals surface area contributed by atoms with E-state index in [-0.39, 0.29) is 11.8 Å². The molecule has 0 radical (unpaired) electrons. The molecular weight excluding hydrogens is 392 g/mol. The average molecular weight is 417 g/mol. The Kier molecular flexibility index (Phi) is 8.90. The van der Waals surface area contributed by atoms with Crippen molar-refractivity contribution in [2.24, 2.45) is 0 Å².